The van der Waals surface area contributed by atoms with Crippen LogP contribution in [0.25, 0.3) is 11.3 Å². The van der Waals surface area contributed by atoms with Crippen LogP contribution in [0.4, 0.5) is 0 Å². The number of aryl methyl sites for hydroxylation is 1. The molecular weight excluding hydrogens is 264 g/mol. The summed E-state index contributed by atoms with van der Waals surface area (Å²) in [5, 5.41) is 21.8. The maximum absolute atomic E-state index is 9.34. The van der Waals surface area contributed by atoms with E-state index in [1.165, 1.54) is 0 Å². The van der Waals surface area contributed by atoms with Crippen LogP contribution in [-0.4, -0.2) is 32.2 Å². The lowest BCUT2D eigenvalue weighted by atomic mass is 10.1. The molecule has 0 amide bonds. The normalized spacial score (nSPS) is 11.8. The van der Waals surface area contributed by atoms with E-state index in [0.717, 1.165) is 29.9 Å². The quantitative estimate of drug-likeness (QED) is 0.820. The Morgan fingerprint density at radius 1 is 1.19 bits per heavy atom. The number of hydrogen-bond donors (Lipinski definition) is 2. The monoisotopic (exact) mass is 288 g/mol. The summed E-state index contributed by atoms with van der Waals surface area (Å²) < 4.78 is 0. The van der Waals surface area contributed by atoms with Crippen molar-refractivity contribution in [2.24, 2.45) is 0 Å². The summed E-state index contributed by atoms with van der Waals surface area (Å²) in [6.45, 7) is 7.51. The lowest BCUT2D eigenvalue weighted by molar-refractivity contribution is 0.187. The third-order valence-electron chi connectivity index (χ3n) is 3.33. The molecule has 5 heteroatoms. The molecule has 5 nitrogen and oxygen atoms in total. The molecular formula is C16H24N4O. The highest BCUT2D eigenvalue weighted by Crippen LogP contribution is 2.20. The number of aromatic nitrogens is 3. The van der Waals surface area contributed by atoms with E-state index in [1.54, 1.807) is 4.80 Å². The Morgan fingerprint density at radius 3 is 2.52 bits per heavy atom. The second-order valence-electron chi connectivity index (χ2n) is 5.85. The van der Waals surface area contributed by atoms with E-state index in [1.807, 2.05) is 44.2 Å². The van der Waals surface area contributed by atoms with E-state index >= 15 is 0 Å². The van der Waals surface area contributed by atoms with Gasteiger partial charge in [0.05, 0.1) is 13.2 Å². The summed E-state index contributed by atoms with van der Waals surface area (Å²) in [7, 11) is 0. The van der Waals surface area contributed by atoms with Gasteiger partial charge in [-0.25, -0.2) is 0 Å². The second kappa shape index (κ2) is 6.83. The van der Waals surface area contributed by atoms with Crippen LogP contribution in [0.3, 0.4) is 0 Å². The van der Waals surface area contributed by atoms with E-state index in [9.17, 15) is 5.11 Å². The molecule has 2 rings (SSSR count). The molecule has 1 aromatic heterocycles. The zero-order chi connectivity index (χ0) is 15.3. The van der Waals surface area contributed by atoms with Crippen LogP contribution in [0.5, 0.6) is 0 Å². The molecule has 0 saturated heterocycles. The third kappa shape index (κ3) is 4.12. The van der Waals surface area contributed by atoms with Crippen LogP contribution in [0.2, 0.25) is 0 Å². The second-order valence-corrected chi connectivity index (χ2v) is 5.85. The molecule has 0 aliphatic rings. The molecule has 0 unspecified atom stereocenters. The van der Waals surface area contributed by atoms with Gasteiger partial charge in [0, 0.05) is 17.6 Å². The maximum Gasteiger partial charge on any atom is 0.117 e. The van der Waals surface area contributed by atoms with Crippen LogP contribution >= 0.6 is 0 Å². The molecule has 114 valence electrons. The van der Waals surface area contributed by atoms with Crippen molar-refractivity contribution in [1.82, 2.24) is 20.3 Å². The number of nitrogens with one attached hydrogen (secondary N) is 1. The van der Waals surface area contributed by atoms with Gasteiger partial charge in [-0.05, 0) is 20.3 Å². The predicted molar refractivity (Wildman–Crippen MR) is 83.8 cm³/mol. The number of nitrogens with zero attached hydrogens (tertiary/aromatic N) is 3. The number of rotatable bonds is 7. The topological polar surface area (TPSA) is 63.0 Å². The highest BCUT2D eigenvalue weighted by Gasteiger charge is 2.19. The zero-order valence-corrected chi connectivity index (χ0v) is 13.0. The van der Waals surface area contributed by atoms with E-state index in [4.69, 9.17) is 0 Å². The van der Waals surface area contributed by atoms with Gasteiger partial charge in [0.15, 0.2) is 0 Å². The summed E-state index contributed by atoms with van der Waals surface area (Å²) >= 11 is 0. The van der Waals surface area contributed by atoms with Crippen molar-refractivity contribution in [3.8, 4) is 11.3 Å². The molecule has 1 aromatic carbocycles. The Hall–Kier alpha value is -1.72. The fraction of sp³-hybridized carbons (Fsp3) is 0.500. The summed E-state index contributed by atoms with van der Waals surface area (Å²) in [5.74, 6) is 0. The van der Waals surface area contributed by atoms with Crippen LogP contribution in [-0.2, 0) is 13.1 Å². The van der Waals surface area contributed by atoms with Crippen molar-refractivity contribution in [1.29, 1.82) is 0 Å². The van der Waals surface area contributed by atoms with E-state index in [0.29, 0.717) is 6.54 Å². The van der Waals surface area contributed by atoms with E-state index < -0.39 is 0 Å². The smallest absolute Gasteiger partial charge is 0.117 e. The summed E-state index contributed by atoms with van der Waals surface area (Å²) in [4.78, 5) is 1.76. The van der Waals surface area contributed by atoms with Gasteiger partial charge in [0.2, 0.25) is 0 Å². The molecule has 2 N–H and O–H groups in total. The minimum atomic E-state index is -0.331. The van der Waals surface area contributed by atoms with Gasteiger partial charge in [-0.15, -0.1) is 0 Å². The van der Waals surface area contributed by atoms with Crippen molar-refractivity contribution in [2.45, 2.75) is 45.8 Å². The number of aliphatic hydroxyl groups excluding tert-OH is 1. The van der Waals surface area contributed by atoms with Gasteiger partial charge in [-0.2, -0.15) is 15.0 Å². The van der Waals surface area contributed by atoms with Crippen molar-refractivity contribution in [3.63, 3.8) is 0 Å². The first kappa shape index (κ1) is 15.7. The van der Waals surface area contributed by atoms with E-state index in [2.05, 4.69) is 22.4 Å². The highest BCUT2D eigenvalue weighted by atomic mass is 16.3. The van der Waals surface area contributed by atoms with Crippen LogP contribution in [0.15, 0.2) is 30.3 Å². The summed E-state index contributed by atoms with van der Waals surface area (Å²) in [5.41, 5.74) is 2.56. The number of benzene rings is 1. The van der Waals surface area contributed by atoms with Crippen LogP contribution in [0.1, 0.15) is 32.9 Å². The van der Waals surface area contributed by atoms with Crippen LogP contribution in [0, 0.1) is 0 Å². The van der Waals surface area contributed by atoms with Gasteiger partial charge >= 0.3 is 0 Å². The lowest BCUT2D eigenvalue weighted by Crippen LogP contribution is -2.42. The Balaban J connectivity index is 2.26. The maximum atomic E-state index is 9.34. The Bertz CT molecular complexity index is 563. The van der Waals surface area contributed by atoms with Crippen molar-refractivity contribution < 1.29 is 5.11 Å². The van der Waals surface area contributed by atoms with Gasteiger partial charge in [-0.1, -0.05) is 37.3 Å². The third-order valence-corrected chi connectivity index (χ3v) is 3.33. The first-order chi connectivity index (χ1) is 10.1. The molecule has 0 atom stereocenters. The fourth-order valence-electron chi connectivity index (χ4n) is 2.00. The van der Waals surface area contributed by atoms with Gasteiger partial charge in [0.1, 0.15) is 11.4 Å². The summed E-state index contributed by atoms with van der Waals surface area (Å²) in [6, 6.07) is 10.1. The Labute approximate surface area is 126 Å². The standard InChI is InChI=1S/C16H24N4O/c1-4-10-20-18-14(11-17-16(2,3)12-21)15(19-20)13-8-6-5-7-9-13/h5-9,17,21H,4,10-12H2,1-3H3. The molecule has 1 heterocycles. The zero-order valence-electron chi connectivity index (χ0n) is 13.0. The van der Waals surface area contributed by atoms with Crippen molar-refractivity contribution >= 4 is 0 Å². The lowest BCUT2D eigenvalue weighted by Gasteiger charge is -2.23. The molecule has 0 saturated carbocycles. The molecule has 21 heavy (non-hydrogen) atoms. The minimum Gasteiger partial charge on any atom is -0.394 e. The highest BCUT2D eigenvalue weighted by molar-refractivity contribution is 5.60. The average molecular weight is 288 g/mol. The molecule has 0 aliphatic carbocycles. The molecule has 2 aromatic rings. The molecule has 0 bridgehead atoms. The van der Waals surface area contributed by atoms with Gasteiger partial charge in [-0.3, -0.25) is 0 Å². The first-order valence-electron chi connectivity index (χ1n) is 7.41. The molecule has 0 fully saturated rings. The van der Waals surface area contributed by atoms with Gasteiger partial charge in [0.25, 0.3) is 0 Å². The minimum absolute atomic E-state index is 0.0801. The largest absolute Gasteiger partial charge is 0.394 e. The average Bonchev–Trinajstić information content (AvgIpc) is 2.90. The molecule has 0 aliphatic heterocycles. The molecule has 0 spiro atoms. The predicted octanol–water partition coefficient (Wildman–Crippen LogP) is 2.22. The molecule has 0 radical (unpaired) electrons. The van der Waals surface area contributed by atoms with Crippen molar-refractivity contribution in [2.75, 3.05) is 6.61 Å². The fourth-order valence-corrected chi connectivity index (χ4v) is 2.00. The first-order valence-corrected chi connectivity index (χ1v) is 7.41. The van der Waals surface area contributed by atoms with Crippen LogP contribution < -0.4 is 5.32 Å². The Kier molecular flexibility index (Phi) is 5.09. The van der Waals surface area contributed by atoms with Gasteiger partial charge < -0.3 is 10.4 Å². The van der Waals surface area contributed by atoms with E-state index in [-0.39, 0.29) is 12.1 Å². The SMILES string of the molecule is CCCn1nc(CNC(C)(C)CO)c(-c2ccccc2)n1. The summed E-state index contributed by atoms with van der Waals surface area (Å²) in [6.07, 6.45) is 0.998. The van der Waals surface area contributed by atoms with Crippen molar-refractivity contribution in [3.05, 3.63) is 36.0 Å². The Morgan fingerprint density at radius 2 is 1.90 bits per heavy atom. The number of hydrogen-bond acceptors (Lipinski definition) is 4. The number of aliphatic hydroxyl groups is 1.